The van der Waals surface area contributed by atoms with E-state index in [1.165, 1.54) is 0 Å². The van der Waals surface area contributed by atoms with Crippen LogP contribution in [0.5, 0.6) is 0 Å². The lowest BCUT2D eigenvalue weighted by molar-refractivity contribution is 0.551. The molecule has 1 unspecified atom stereocenters. The topological polar surface area (TPSA) is 12.0 Å². The first kappa shape index (κ1) is 10.3. The molecule has 0 aliphatic carbocycles. The highest BCUT2D eigenvalue weighted by molar-refractivity contribution is 4.97. The molecule has 1 atom stereocenters. The molecule has 0 saturated carbocycles. The summed E-state index contributed by atoms with van der Waals surface area (Å²) in [7, 11) is 0. The fraction of sp³-hybridized carbons (Fsp3) is 0.600. The molecule has 1 nitrogen and oxygen atoms in total. The van der Waals surface area contributed by atoms with Gasteiger partial charge in [0.05, 0.1) is 6.54 Å². The Morgan fingerprint density at radius 2 is 2.36 bits per heavy atom. The zero-order valence-electron chi connectivity index (χ0n) is 7.48. The Bertz CT molecular complexity index is 150. The summed E-state index contributed by atoms with van der Waals surface area (Å²) in [6.07, 6.45) is 4.17. The Kier molecular flexibility index (Phi) is 6.87. The van der Waals surface area contributed by atoms with Crippen molar-refractivity contribution in [1.29, 1.82) is 0 Å². The maximum atomic E-state index is 3.67. The molecule has 1 heteroatoms. The molecule has 0 aliphatic rings. The van der Waals surface area contributed by atoms with E-state index in [-0.39, 0.29) is 0 Å². The molecule has 62 valence electrons. The van der Waals surface area contributed by atoms with Crippen molar-refractivity contribution in [3.05, 3.63) is 12.7 Å². The van der Waals surface area contributed by atoms with E-state index < -0.39 is 0 Å². The van der Waals surface area contributed by atoms with Gasteiger partial charge in [-0.25, -0.2) is 0 Å². The van der Waals surface area contributed by atoms with Gasteiger partial charge in [-0.05, 0) is 26.7 Å². The molecule has 0 bridgehead atoms. The van der Waals surface area contributed by atoms with E-state index in [0.717, 1.165) is 19.4 Å². The summed E-state index contributed by atoms with van der Waals surface area (Å²) < 4.78 is 0. The normalized spacial score (nSPS) is 11.5. The van der Waals surface area contributed by atoms with E-state index >= 15 is 0 Å². The SMILES string of the molecule is C=CCCC(C)NCC#CC. The zero-order valence-corrected chi connectivity index (χ0v) is 7.48. The minimum Gasteiger partial charge on any atom is -0.304 e. The average Bonchev–Trinajstić information content (AvgIpc) is 2.01. The summed E-state index contributed by atoms with van der Waals surface area (Å²) in [5.41, 5.74) is 0. The van der Waals surface area contributed by atoms with E-state index in [1.54, 1.807) is 0 Å². The minimum atomic E-state index is 0.550. The van der Waals surface area contributed by atoms with Crippen molar-refractivity contribution >= 4 is 0 Å². The first-order chi connectivity index (χ1) is 5.31. The van der Waals surface area contributed by atoms with E-state index in [1.807, 2.05) is 13.0 Å². The van der Waals surface area contributed by atoms with Gasteiger partial charge in [-0.15, -0.1) is 12.5 Å². The summed E-state index contributed by atoms with van der Waals surface area (Å²) in [4.78, 5) is 0. The van der Waals surface area contributed by atoms with Crippen LogP contribution in [0.1, 0.15) is 26.7 Å². The second-order valence-electron chi connectivity index (χ2n) is 2.57. The molecule has 0 spiro atoms. The van der Waals surface area contributed by atoms with Crippen LogP contribution in [0.2, 0.25) is 0 Å². The van der Waals surface area contributed by atoms with Crippen molar-refractivity contribution in [3.63, 3.8) is 0 Å². The molecule has 0 aliphatic heterocycles. The van der Waals surface area contributed by atoms with Crippen molar-refractivity contribution in [2.24, 2.45) is 0 Å². The van der Waals surface area contributed by atoms with Crippen LogP contribution < -0.4 is 5.32 Å². The van der Waals surface area contributed by atoms with Gasteiger partial charge >= 0.3 is 0 Å². The maximum Gasteiger partial charge on any atom is 0.0578 e. The molecule has 0 saturated heterocycles. The monoisotopic (exact) mass is 151 g/mol. The predicted molar refractivity (Wildman–Crippen MR) is 50.3 cm³/mol. The molecule has 0 heterocycles. The molecule has 0 radical (unpaired) electrons. The third-order valence-electron chi connectivity index (χ3n) is 1.52. The van der Waals surface area contributed by atoms with Gasteiger partial charge < -0.3 is 5.32 Å². The number of hydrogen-bond acceptors (Lipinski definition) is 1. The van der Waals surface area contributed by atoms with Crippen LogP contribution >= 0.6 is 0 Å². The Hall–Kier alpha value is -0.740. The summed E-state index contributed by atoms with van der Waals surface area (Å²) in [5.74, 6) is 5.82. The quantitative estimate of drug-likeness (QED) is 0.468. The zero-order chi connectivity index (χ0) is 8.53. The number of allylic oxidation sites excluding steroid dienone is 1. The van der Waals surface area contributed by atoms with Gasteiger partial charge in [0.1, 0.15) is 0 Å². The second kappa shape index (κ2) is 7.37. The van der Waals surface area contributed by atoms with Gasteiger partial charge in [0.25, 0.3) is 0 Å². The van der Waals surface area contributed by atoms with E-state index in [2.05, 4.69) is 30.7 Å². The van der Waals surface area contributed by atoms with Crippen molar-refractivity contribution in [2.75, 3.05) is 6.54 Å². The maximum absolute atomic E-state index is 3.67. The highest BCUT2D eigenvalue weighted by Gasteiger charge is 1.95. The van der Waals surface area contributed by atoms with Gasteiger partial charge in [-0.2, -0.15) is 0 Å². The lowest BCUT2D eigenvalue weighted by atomic mass is 10.2. The van der Waals surface area contributed by atoms with Crippen LogP contribution in [-0.4, -0.2) is 12.6 Å². The first-order valence-electron chi connectivity index (χ1n) is 4.05. The Morgan fingerprint density at radius 1 is 1.64 bits per heavy atom. The van der Waals surface area contributed by atoms with Crippen LogP contribution in [0, 0.1) is 11.8 Å². The van der Waals surface area contributed by atoms with Crippen molar-refractivity contribution in [2.45, 2.75) is 32.7 Å². The van der Waals surface area contributed by atoms with Crippen LogP contribution in [0.3, 0.4) is 0 Å². The molecule has 0 amide bonds. The van der Waals surface area contributed by atoms with E-state index in [0.29, 0.717) is 6.04 Å². The van der Waals surface area contributed by atoms with Crippen LogP contribution in [0.25, 0.3) is 0 Å². The molecule has 0 fully saturated rings. The van der Waals surface area contributed by atoms with Gasteiger partial charge in [-0.1, -0.05) is 12.0 Å². The number of hydrogen-bond donors (Lipinski definition) is 1. The molecular formula is C10H17N. The lowest BCUT2D eigenvalue weighted by Crippen LogP contribution is -2.25. The van der Waals surface area contributed by atoms with Gasteiger partial charge in [0.15, 0.2) is 0 Å². The molecule has 0 aromatic heterocycles. The average molecular weight is 151 g/mol. The second-order valence-corrected chi connectivity index (χ2v) is 2.57. The Balaban J connectivity index is 3.26. The molecular weight excluding hydrogens is 134 g/mol. The van der Waals surface area contributed by atoms with Crippen molar-refractivity contribution in [3.8, 4) is 11.8 Å². The molecule has 0 aromatic rings. The molecule has 11 heavy (non-hydrogen) atoms. The highest BCUT2D eigenvalue weighted by atomic mass is 14.9. The third-order valence-corrected chi connectivity index (χ3v) is 1.52. The summed E-state index contributed by atoms with van der Waals surface area (Å²) >= 11 is 0. The summed E-state index contributed by atoms with van der Waals surface area (Å²) in [6.45, 7) is 8.50. The van der Waals surface area contributed by atoms with Crippen molar-refractivity contribution < 1.29 is 0 Å². The largest absolute Gasteiger partial charge is 0.304 e. The third kappa shape index (κ3) is 7.15. The fourth-order valence-corrected chi connectivity index (χ4v) is 0.784. The minimum absolute atomic E-state index is 0.550. The summed E-state index contributed by atoms with van der Waals surface area (Å²) in [6, 6.07) is 0.550. The fourth-order valence-electron chi connectivity index (χ4n) is 0.784. The van der Waals surface area contributed by atoms with E-state index in [4.69, 9.17) is 0 Å². The first-order valence-corrected chi connectivity index (χ1v) is 4.05. The smallest absolute Gasteiger partial charge is 0.0578 e. The number of nitrogens with one attached hydrogen (secondary N) is 1. The standard InChI is InChI=1S/C10H17N/c1-4-6-8-10(3)11-9-7-5-2/h4,10-11H,1,6,8-9H2,2-3H3. The van der Waals surface area contributed by atoms with E-state index in [9.17, 15) is 0 Å². The number of rotatable bonds is 5. The van der Waals surface area contributed by atoms with Gasteiger partial charge in [0.2, 0.25) is 0 Å². The molecule has 1 N–H and O–H groups in total. The van der Waals surface area contributed by atoms with Crippen LogP contribution in [-0.2, 0) is 0 Å². The Labute approximate surface area is 69.9 Å². The highest BCUT2D eigenvalue weighted by Crippen LogP contribution is 1.95. The Morgan fingerprint density at radius 3 is 2.91 bits per heavy atom. The summed E-state index contributed by atoms with van der Waals surface area (Å²) in [5, 5.41) is 3.30. The molecule has 0 aromatic carbocycles. The lowest BCUT2D eigenvalue weighted by Gasteiger charge is -2.08. The predicted octanol–water partition coefficient (Wildman–Crippen LogP) is 1.95. The van der Waals surface area contributed by atoms with Crippen LogP contribution in [0.4, 0.5) is 0 Å². The van der Waals surface area contributed by atoms with Gasteiger partial charge in [0, 0.05) is 6.04 Å². The molecule has 0 rings (SSSR count). The van der Waals surface area contributed by atoms with Gasteiger partial charge in [-0.3, -0.25) is 0 Å². The van der Waals surface area contributed by atoms with Crippen LogP contribution in [0.15, 0.2) is 12.7 Å². The van der Waals surface area contributed by atoms with Crippen molar-refractivity contribution in [1.82, 2.24) is 5.32 Å².